The molecule has 9 heavy (non-hydrogen) atoms. The fourth-order valence-electron chi connectivity index (χ4n) is 1.62. The first-order valence-corrected chi connectivity index (χ1v) is 3.83. The molecule has 0 saturated carbocycles. The van der Waals surface area contributed by atoms with Crippen LogP contribution in [0.3, 0.4) is 0 Å². The maximum Gasteiger partial charge on any atom is 0.0578 e. The molecule has 0 aromatic rings. The summed E-state index contributed by atoms with van der Waals surface area (Å²) in [7, 11) is 0. The van der Waals surface area contributed by atoms with Crippen LogP contribution in [0.1, 0.15) is 27.2 Å². The van der Waals surface area contributed by atoms with Crippen molar-refractivity contribution in [3.8, 4) is 0 Å². The maximum absolute atomic E-state index is 5.43. The molecule has 0 aromatic carbocycles. The number of hydrogen-bond donors (Lipinski definition) is 0. The zero-order valence-electron chi connectivity index (χ0n) is 6.55. The van der Waals surface area contributed by atoms with Gasteiger partial charge in [-0.3, -0.25) is 0 Å². The van der Waals surface area contributed by atoms with Crippen molar-refractivity contribution in [2.45, 2.75) is 33.3 Å². The Hall–Kier alpha value is -0.0400. The van der Waals surface area contributed by atoms with Crippen molar-refractivity contribution in [1.29, 1.82) is 0 Å². The van der Waals surface area contributed by atoms with E-state index in [-0.39, 0.29) is 0 Å². The first kappa shape index (κ1) is 7.07. The Kier molecular flexibility index (Phi) is 2.12. The Labute approximate surface area is 57.4 Å². The van der Waals surface area contributed by atoms with Crippen LogP contribution in [0, 0.1) is 11.8 Å². The highest BCUT2D eigenvalue weighted by atomic mass is 16.5. The molecule has 0 aliphatic carbocycles. The van der Waals surface area contributed by atoms with Crippen molar-refractivity contribution >= 4 is 0 Å². The molecular formula is C8H16O. The second-order valence-corrected chi connectivity index (χ2v) is 3.27. The second kappa shape index (κ2) is 2.70. The predicted molar refractivity (Wildman–Crippen MR) is 38.4 cm³/mol. The van der Waals surface area contributed by atoms with Gasteiger partial charge in [-0.2, -0.15) is 0 Å². The molecule has 0 bridgehead atoms. The first-order chi connectivity index (χ1) is 4.22. The lowest BCUT2D eigenvalue weighted by Gasteiger charge is -2.17. The van der Waals surface area contributed by atoms with E-state index >= 15 is 0 Å². The first-order valence-electron chi connectivity index (χ1n) is 3.83. The topological polar surface area (TPSA) is 9.23 Å². The van der Waals surface area contributed by atoms with Crippen LogP contribution >= 0.6 is 0 Å². The lowest BCUT2D eigenvalue weighted by atomic mass is 9.90. The third-order valence-corrected chi connectivity index (χ3v) is 2.29. The molecule has 1 rings (SSSR count). The molecule has 2 atom stereocenters. The minimum atomic E-state index is 0.505. The van der Waals surface area contributed by atoms with Crippen LogP contribution in [0.4, 0.5) is 0 Å². The molecule has 0 radical (unpaired) electrons. The summed E-state index contributed by atoms with van der Waals surface area (Å²) in [6.07, 6.45) is 1.77. The Bertz CT molecular complexity index is 88.6. The van der Waals surface area contributed by atoms with Gasteiger partial charge in [0.2, 0.25) is 0 Å². The summed E-state index contributed by atoms with van der Waals surface area (Å²) < 4.78 is 5.43. The number of hydrogen-bond acceptors (Lipinski definition) is 1. The minimum absolute atomic E-state index is 0.505. The summed E-state index contributed by atoms with van der Waals surface area (Å²) in [6, 6.07) is 0. The van der Waals surface area contributed by atoms with E-state index in [0.29, 0.717) is 6.10 Å². The van der Waals surface area contributed by atoms with Crippen molar-refractivity contribution in [2.24, 2.45) is 11.8 Å². The van der Waals surface area contributed by atoms with Gasteiger partial charge in [-0.05, 0) is 25.2 Å². The SMILES string of the molecule is CC(C)[C@H]1CCO[C@@H]1C. The van der Waals surface area contributed by atoms with Gasteiger partial charge in [0.25, 0.3) is 0 Å². The molecule has 0 unspecified atom stereocenters. The molecular weight excluding hydrogens is 112 g/mol. The van der Waals surface area contributed by atoms with Gasteiger partial charge in [0, 0.05) is 6.61 Å². The second-order valence-electron chi connectivity index (χ2n) is 3.27. The average molecular weight is 128 g/mol. The van der Waals surface area contributed by atoms with Crippen LogP contribution in [0.15, 0.2) is 0 Å². The molecule has 54 valence electrons. The summed E-state index contributed by atoms with van der Waals surface area (Å²) in [4.78, 5) is 0. The van der Waals surface area contributed by atoms with Crippen molar-refractivity contribution in [3.05, 3.63) is 0 Å². The Morgan fingerprint density at radius 3 is 2.33 bits per heavy atom. The molecule has 1 fully saturated rings. The minimum Gasteiger partial charge on any atom is -0.378 e. The van der Waals surface area contributed by atoms with E-state index in [9.17, 15) is 0 Å². The van der Waals surface area contributed by atoms with Crippen LogP contribution in [0.2, 0.25) is 0 Å². The van der Waals surface area contributed by atoms with Crippen LogP contribution < -0.4 is 0 Å². The van der Waals surface area contributed by atoms with Crippen LogP contribution in [-0.2, 0) is 4.74 Å². The third kappa shape index (κ3) is 1.45. The largest absolute Gasteiger partial charge is 0.378 e. The summed E-state index contributed by atoms with van der Waals surface area (Å²) in [6.45, 7) is 7.70. The summed E-state index contributed by atoms with van der Waals surface area (Å²) in [5.41, 5.74) is 0. The lowest BCUT2D eigenvalue weighted by Crippen LogP contribution is -2.16. The van der Waals surface area contributed by atoms with Crippen molar-refractivity contribution in [3.63, 3.8) is 0 Å². The fraction of sp³-hybridized carbons (Fsp3) is 1.00. The molecule has 0 N–H and O–H groups in total. The van der Waals surface area contributed by atoms with E-state index in [4.69, 9.17) is 4.74 Å². The van der Waals surface area contributed by atoms with Gasteiger partial charge in [0.15, 0.2) is 0 Å². The molecule has 1 saturated heterocycles. The van der Waals surface area contributed by atoms with E-state index in [1.165, 1.54) is 6.42 Å². The highest BCUT2D eigenvalue weighted by Gasteiger charge is 2.26. The highest BCUT2D eigenvalue weighted by molar-refractivity contribution is 4.74. The van der Waals surface area contributed by atoms with Gasteiger partial charge in [0.1, 0.15) is 0 Å². The van der Waals surface area contributed by atoms with Crippen LogP contribution in [0.5, 0.6) is 0 Å². The monoisotopic (exact) mass is 128 g/mol. The fourth-order valence-corrected chi connectivity index (χ4v) is 1.62. The van der Waals surface area contributed by atoms with E-state index < -0.39 is 0 Å². The van der Waals surface area contributed by atoms with Crippen molar-refractivity contribution in [1.82, 2.24) is 0 Å². The zero-order chi connectivity index (χ0) is 6.85. The van der Waals surface area contributed by atoms with E-state index in [2.05, 4.69) is 20.8 Å². The maximum atomic E-state index is 5.43. The normalized spacial score (nSPS) is 36.0. The number of ether oxygens (including phenoxy) is 1. The van der Waals surface area contributed by atoms with Gasteiger partial charge < -0.3 is 4.74 Å². The summed E-state index contributed by atoms with van der Waals surface area (Å²) in [5.74, 6) is 1.60. The Morgan fingerprint density at radius 1 is 1.44 bits per heavy atom. The molecule has 0 spiro atoms. The highest BCUT2D eigenvalue weighted by Crippen LogP contribution is 2.26. The Balaban J connectivity index is 2.40. The molecule has 0 aromatic heterocycles. The number of rotatable bonds is 1. The van der Waals surface area contributed by atoms with E-state index in [0.717, 1.165) is 18.4 Å². The van der Waals surface area contributed by atoms with Gasteiger partial charge in [-0.15, -0.1) is 0 Å². The van der Waals surface area contributed by atoms with Gasteiger partial charge in [0.05, 0.1) is 6.10 Å². The van der Waals surface area contributed by atoms with Crippen LogP contribution in [-0.4, -0.2) is 12.7 Å². The predicted octanol–water partition coefficient (Wildman–Crippen LogP) is 2.07. The van der Waals surface area contributed by atoms with Crippen molar-refractivity contribution in [2.75, 3.05) is 6.61 Å². The van der Waals surface area contributed by atoms with Gasteiger partial charge in [-0.25, -0.2) is 0 Å². The quantitative estimate of drug-likeness (QED) is 0.525. The third-order valence-electron chi connectivity index (χ3n) is 2.29. The smallest absolute Gasteiger partial charge is 0.0578 e. The average Bonchev–Trinajstić information content (AvgIpc) is 2.13. The van der Waals surface area contributed by atoms with Gasteiger partial charge >= 0.3 is 0 Å². The Morgan fingerprint density at radius 2 is 2.11 bits per heavy atom. The van der Waals surface area contributed by atoms with Gasteiger partial charge in [-0.1, -0.05) is 13.8 Å². The van der Waals surface area contributed by atoms with E-state index in [1.54, 1.807) is 0 Å². The molecule has 1 nitrogen and oxygen atoms in total. The molecule has 0 amide bonds. The van der Waals surface area contributed by atoms with Crippen molar-refractivity contribution < 1.29 is 4.74 Å². The molecule has 1 aliphatic heterocycles. The molecule has 1 heterocycles. The summed E-state index contributed by atoms with van der Waals surface area (Å²) in [5, 5.41) is 0. The zero-order valence-corrected chi connectivity index (χ0v) is 6.55. The van der Waals surface area contributed by atoms with Crippen LogP contribution in [0.25, 0.3) is 0 Å². The standard InChI is InChI=1S/C8H16O/c1-6(2)8-4-5-9-7(8)3/h6-8H,4-5H2,1-3H3/t7-,8-/m1/s1. The van der Waals surface area contributed by atoms with E-state index in [1.807, 2.05) is 0 Å². The lowest BCUT2D eigenvalue weighted by molar-refractivity contribution is 0.0946. The summed E-state index contributed by atoms with van der Waals surface area (Å²) >= 11 is 0. The molecule has 1 aliphatic rings. The molecule has 1 heteroatoms.